The highest BCUT2D eigenvalue weighted by Gasteiger charge is 2.31. The summed E-state index contributed by atoms with van der Waals surface area (Å²) in [6.07, 6.45) is -0.874. The lowest BCUT2D eigenvalue weighted by Crippen LogP contribution is -2.36. The molecule has 0 aliphatic carbocycles. The molecule has 0 saturated heterocycles. The Kier molecular flexibility index (Phi) is 6.71. The number of aromatic nitrogens is 1. The van der Waals surface area contributed by atoms with Gasteiger partial charge in [-0.25, -0.2) is 0 Å². The minimum Gasteiger partial charge on any atom is -0.493 e. The van der Waals surface area contributed by atoms with Crippen LogP contribution in [0.4, 0.5) is 13.2 Å². The maximum atomic E-state index is 12.6. The van der Waals surface area contributed by atoms with Gasteiger partial charge in [0.25, 0.3) is 0 Å². The molecule has 1 atom stereocenters. The molecule has 33 heavy (non-hydrogen) atoms. The van der Waals surface area contributed by atoms with Crippen molar-refractivity contribution in [3.63, 3.8) is 0 Å². The van der Waals surface area contributed by atoms with Crippen molar-refractivity contribution >= 4 is 10.9 Å². The van der Waals surface area contributed by atoms with Crippen molar-refractivity contribution in [2.24, 2.45) is 0 Å². The van der Waals surface area contributed by atoms with Crippen LogP contribution in [-0.2, 0) is 12.8 Å². The second-order valence-corrected chi connectivity index (χ2v) is 7.96. The van der Waals surface area contributed by atoms with Crippen LogP contribution in [0.25, 0.3) is 10.9 Å². The van der Waals surface area contributed by atoms with Gasteiger partial charge in [-0.05, 0) is 73.2 Å². The first-order valence-electron chi connectivity index (χ1n) is 10.9. The van der Waals surface area contributed by atoms with Gasteiger partial charge in [0.1, 0.15) is 5.75 Å². The summed E-state index contributed by atoms with van der Waals surface area (Å²) in [4.78, 5) is 5.11. The summed E-state index contributed by atoms with van der Waals surface area (Å²) in [5.74, 6) is 1.09. The number of ether oxygens (including phenoxy) is 3. The first-order valence-corrected chi connectivity index (χ1v) is 10.9. The molecule has 0 bridgehead atoms. The Hall–Kier alpha value is -2.91. The number of nitrogens with one attached hydrogen (secondary N) is 1. The van der Waals surface area contributed by atoms with Crippen molar-refractivity contribution in [3.8, 4) is 17.2 Å². The summed E-state index contributed by atoms with van der Waals surface area (Å²) in [5, 5.41) is 10.7. The second kappa shape index (κ2) is 9.52. The number of hydrogen-bond donors (Lipinski definition) is 2. The first kappa shape index (κ1) is 23.3. The van der Waals surface area contributed by atoms with Gasteiger partial charge in [0.2, 0.25) is 0 Å². The average Bonchev–Trinajstić information content (AvgIpc) is 3.18. The van der Waals surface area contributed by atoms with Gasteiger partial charge in [0, 0.05) is 29.7 Å². The van der Waals surface area contributed by atoms with E-state index in [1.807, 2.05) is 30.2 Å². The highest BCUT2D eigenvalue weighted by atomic mass is 19.4. The van der Waals surface area contributed by atoms with Crippen LogP contribution in [0.3, 0.4) is 0 Å². The minimum atomic E-state index is -4.74. The molecule has 0 radical (unpaired) electrons. The number of hydrogen-bond acceptors (Lipinski definition) is 5. The fourth-order valence-electron chi connectivity index (χ4n) is 4.55. The lowest BCUT2D eigenvalue weighted by atomic mass is 9.88. The monoisotopic (exact) mass is 464 g/mol. The summed E-state index contributed by atoms with van der Waals surface area (Å²) in [5.41, 5.74) is 3.84. The fraction of sp³-hybridized carbons (Fsp3) is 0.417. The van der Waals surface area contributed by atoms with Gasteiger partial charge in [0.15, 0.2) is 11.5 Å². The molecule has 0 unspecified atom stereocenters. The summed E-state index contributed by atoms with van der Waals surface area (Å²) in [7, 11) is 1.61. The van der Waals surface area contributed by atoms with Crippen LogP contribution in [0.2, 0.25) is 0 Å². The molecule has 2 aromatic carbocycles. The molecule has 4 rings (SSSR count). The number of nitrogens with zero attached hydrogens (tertiary/aromatic N) is 1. The number of aliphatic hydroxyl groups is 1. The van der Waals surface area contributed by atoms with Gasteiger partial charge in [0.05, 0.1) is 20.4 Å². The standard InChI is InChI=1S/C24H27F3N2O4/c1-3-32-23-12-19-15(10-22(23)31-2)8-9-29(14-30)21(19)7-4-16-13-28-20-6-5-17(11-18(16)20)33-24(25,26)27/h5-6,10-13,21,28,30H,3-4,7-9,14H2,1-2H3/t21-/m0/s1. The number of aryl methyl sites for hydroxylation is 1. The SMILES string of the molecule is CCOc1cc2c(cc1OC)CCN(CO)[C@H]2CCc1c[nH]c2ccc(OC(F)(F)F)cc12. The fourth-order valence-corrected chi connectivity index (χ4v) is 4.55. The van der Waals surface area contributed by atoms with Crippen molar-refractivity contribution in [3.05, 3.63) is 53.2 Å². The van der Waals surface area contributed by atoms with Crippen LogP contribution in [0, 0.1) is 0 Å². The van der Waals surface area contributed by atoms with E-state index in [1.54, 1.807) is 13.2 Å². The Labute approximate surface area is 189 Å². The van der Waals surface area contributed by atoms with E-state index in [9.17, 15) is 18.3 Å². The second-order valence-electron chi connectivity index (χ2n) is 7.96. The van der Waals surface area contributed by atoms with E-state index >= 15 is 0 Å². The van der Waals surface area contributed by atoms with Crippen LogP contribution in [0.15, 0.2) is 36.5 Å². The Bertz CT molecular complexity index is 1110. The Balaban J connectivity index is 1.62. The van der Waals surface area contributed by atoms with Gasteiger partial charge in [-0.1, -0.05) is 0 Å². The molecule has 178 valence electrons. The van der Waals surface area contributed by atoms with Gasteiger partial charge < -0.3 is 24.3 Å². The molecule has 3 aromatic rings. The highest BCUT2D eigenvalue weighted by molar-refractivity contribution is 5.84. The number of benzene rings is 2. The number of H-pyrrole nitrogens is 1. The number of rotatable bonds is 8. The van der Waals surface area contributed by atoms with Crippen molar-refractivity contribution in [2.45, 2.75) is 38.6 Å². The van der Waals surface area contributed by atoms with Crippen molar-refractivity contribution in [1.82, 2.24) is 9.88 Å². The van der Waals surface area contributed by atoms with Crippen LogP contribution >= 0.6 is 0 Å². The maximum absolute atomic E-state index is 12.6. The number of alkyl halides is 3. The molecule has 6 nitrogen and oxygen atoms in total. The minimum absolute atomic E-state index is 0.0663. The molecule has 0 spiro atoms. The molecular weight excluding hydrogens is 437 g/mol. The normalized spacial score (nSPS) is 16.6. The quantitative estimate of drug-likeness (QED) is 0.494. The molecule has 0 amide bonds. The van der Waals surface area contributed by atoms with Gasteiger partial charge >= 0.3 is 6.36 Å². The summed E-state index contributed by atoms with van der Waals surface area (Å²) < 4.78 is 53.3. The third-order valence-corrected chi connectivity index (χ3v) is 6.03. The van der Waals surface area contributed by atoms with Gasteiger partial charge in [-0.3, -0.25) is 4.90 Å². The zero-order chi connectivity index (χ0) is 23.6. The highest BCUT2D eigenvalue weighted by Crippen LogP contribution is 2.40. The van der Waals surface area contributed by atoms with Crippen molar-refractivity contribution in [1.29, 1.82) is 0 Å². The van der Waals surface area contributed by atoms with Crippen LogP contribution in [0.5, 0.6) is 17.2 Å². The summed E-state index contributed by atoms with van der Waals surface area (Å²) in [6, 6.07) is 8.19. The van der Waals surface area contributed by atoms with E-state index in [4.69, 9.17) is 9.47 Å². The van der Waals surface area contributed by atoms with Crippen LogP contribution in [-0.4, -0.2) is 48.3 Å². The topological polar surface area (TPSA) is 67.0 Å². The van der Waals surface area contributed by atoms with E-state index in [1.165, 1.54) is 12.1 Å². The lowest BCUT2D eigenvalue weighted by Gasteiger charge is -2.36. The lowest BCUT2D eigenvalue weighted by molar-refractivity contribution is -0.274. The Morgan fingerprint density at radius 3 is 2.70 bits per heavy atom. The van der Waals surface area contributed by atoms with Gasteiger partial charge in [-0.2, -0.15) is 0 Å². The molecule has 0 fully saturated rings. The molecule has 2 heterocycles. The maximum Gasteiger partial charge on any atom is 0.573 e. The molecular formula is C24H27F3N2O4. The Morgan fingerprint density at radius 2 is 2.00 bits per heavy atom. The zero-order valence-electron chi connectivity index (χ0n) is 18.5. The summed E-state index contributed by atoms with van der Waals surface area (Å²) in [6.45, 7) is 3.02. The van der Waals surface area contributed by atoms with Gasteiger partial charge in [-0.15, -0.1) is 13.2 Å². The van der Waals surface area contributed by atoms with E-state index in [0.29, 0.717) is 42.9 Å². The van der Waals surface area contributed by atoms with E-state index in [0.717, 1.165) is 28.6 Å². The predicted octanol–water partition coefficient (Wildman–Crippen LogP) is 4.96. The third kappa shape index (κ3) is 5.04. The zero-order valence-corrected chi connectivity index (χ0v) is 18.5. The van der Waals surface area contributed by atoms with Crippen molar-refractivity contribution < 1.29 is 32.5 Å². The molecule has 1 aliphatic rings. The molecule has 1 aromatic heterocycles. The number of aromatic amines is 1. The average molecular weight is 464 g/mol. The number of methoxy groups -OCH3 is 1. The molecule has 0 saturated carbocycles. The largest absolute Gasteiger partial charge is 0.573 e. The van der Waals surface area contributed by atoms with E-state index in [-0.39, 0.29) is 18.5 Å². The van der Waals surface area contributed by atoms with Crippen LogP contribution < -0.4 is 14.2 Å². The molecule has 9 heteroatoms. The van der Waals surface area contributed by atoms with E-state index in [2.05, 4.69) is 9.72 Å². The third-order valence-electron chi connectivity index (χ3n) is 6.03. The first-order chi connectivity index (χ1) is 15.8. The van der Waals surface area contributed by atoms with E-state index < -0.39 is 6.36 Å². The van der Waals surface area contributed by atoms with Crippen molar-refractivity contribution in [2.75, 3.05) is 27.0 Å². The predicted molar refractivity (Wildman–Crippen MR) is 118 cm³/mol. The smallest absolute Gasteiger partial charge is 0.493 e. The number of aliphatic hydroxyl groups excluding tert-OH is 1. The molecule has 2 N–H and O–H groups in total. The summed E-state index contributed by atoms with van der Waals surface area (Å²) >= 11 is 0. The number of halogens is 3. The number of fused-ring (bicyclic) bond motifs is 2. The molecule has 1 aliphatic heterocycles. The Morgan fingerprint density at radius 1 is 1.18 bits per heavy atom. The van der Waals surface area contributed by atoms with Crippen LogP contribution in [0.1, 0.15) is 36.1 Å².